The largest absolute Gasteiger partial charge is 0.541 e. The number of benzene rings is 1. The Balaban J connectivity index is 1.82. The first kappa shape index (κ1) is 16.3. The van der Waals surface area contributed by atoms with Gasteiger partial charge < -0.3 is 18.0 Å². The normalized spacial score (nSPS) is 30.8. The van der Waals surface area contributed by atoms with E-state index >= 15 is 0 Å². The van der Waals surface area contributed by atoms with Crippen molar-refractivity contribution in [1.29, 1.82) is 0 Å². The van der Waals surface area contributed by atoms with Crippen molar-refractivity contribution in [2.24, 2.45) is 0 Å². The van der Waals surface area contributed by atoms with Gasteiger partial charge in [-0.2, -0.15) is 0 Å². The van der Waals surface area contributed by atoms with Gasteiger partial charge in [0.1, 0.15) is 0 Å². The van der Waals surface area contributed by atoms with Crippen LogP contribution in [0.15, 0.2) is 43.0 Å². The standard InChI is InChI=1S/C16H21NO5Si/c1-2-16(18)19-13-23-20-10-8-17(9-11-21-23)12-15(22-23)14-6-4-3-5-7-14/h2-7,15H,1,8-13H2. The van der Waals surface area contributed by atoms with Gasteiger partial charge in [0.25, 0.3) is 0 Å². The molecule has 1 unspecified atom stereocenters. The Morgan fingerprint density at radius 3 is 2.65 bits per heavy atom. The topological polar surface area (TPSA) is 57.2 Å². The van der Waals surface area contributed by atoms with Crippen molar-refractivity contribution in [1.82, 2.24) is 4.90 Å². The molecule has 3 aliphatic rings. The fourth-order valence-corrected chi connectivity index (χ4v) is 4.95. The fourth-order valence-electron chi connectivity index (χ4n) is 2.73. The lowest BCUT2D eigenvalue weighted by Gasteiger charge is -2.41. The number of carbonyl (C=O) groups is 1. The van der Waals surface area contributed by atoms with Crippen molar-refractivity contribution >= 4 is 14.8 Å². The van der Waals surface area contributed by atoms with E-state index in [0.717, 1.165) is 31.3 Å². The number of hydrogen-bond acceptors (Lipinski definition) is 6. The van der Waals surface area contributed by atoms with E-state index in [0.29, 0.717) is 13.2 Å². The molecule has 23 heavy (non-hydrogen) atoms. The van der Waals surface area contributed by atoms with Crippen LogP contribution >= 0.6 is 0 Å². The molecule has 124 valence electrons. The first-order chi connectivity index (χ1) is 11.2. The quantitative estimate of drug-likeness (QED) is 0.470. The summed E-state index contributed by atoms with van der Waals surface area (Å²) in [5, 5.41) is 0. The molecule has 0 spiro atoms. The molecule has 1 atom stereocenters. The van der Waals surface area contributed by atoms with Crippen LogP contribution in [-0.4, -0.2) is 58.8 Å². The SMILES string of the molecule is C=CC(=O)OC[Si]12OCCN(CCO1)CC(c1ccccc1)O2. The molecular formula is C16H21NO5Si. The summed E-state index contributed by atoms with van der Waals surface area (Å²) in [6.45, 7) is 6.85. The Bertz CT molecular complexity index is 543. The van der Waals surface area contributed by atoms with Gasteiger partial charge in [-0.1, -0.05) is 36.9 Å². The lowest BCUT2D eigenvalue weighted by molar-refractivity contribution is -0.139. The molecule has 3 fully saturated rings. The monoisotopic (exact) mass is 335 g/mol. The highest BCUT2D eigenvalue weighted by Gasteiger charge is 2.48. The van der Waals surface area contributed by atoms with Crippen LogP contribution in [-0.2, 0) is 22.8 Å². The molecular weight excluding hydrogens is 314 g/mol. The van der Waals surface area contributed by atoms with Gasteiger partial charge >= 0.3 is 14.8 Å². The molecule has 0 radical (unpaired) electrons. The van der Waals surface area contributed by atoms with E-state index in [1.807, 2.05) is 30.3 Å². The van der Waals surface area contributed by atoms with Gasteiger partial charge in [0, 0.05) is 25.7 Å². The summed E-state index contributed by atoms with van der Waals surface area (Å²) in [6.07, 6.45) is 0.986. The van der Waals surface area contributed by atoms with Crippen LogP contribution in [0, 0.1) is 0 Å². The Kier molecular flexibility index (Phi) is 5.24. The van der Waals surface area contributed by atoms with E-state index in [9.17, 15) is 4.79 Å². The third-order valence-corrected chi connectivity index (χ3v) is 6.36. The van der Waals surface area contributed by atoms with Crippen molar-refractivity contribution in [3.63, 3.8) is 0 Å². The fraction of sp³-hybridized carbons (Fsp3) is 0.438. The van der Waals surface area contributed by atoms with E-state index in [1.165, 1.54) is 0 Å². The minimum Gasteiger partial charge on any atom is -0.458 e. The zero-order valence-corrected chi connectivity index (χ0v) is 14.0. The van der Waals surface area contributed by atoms with E-state index in [4.69, 9.17) is 18.0 Å². The second-order valence-electron chi connectivity index (χ2n) is 5.51. The van der Waals surface area contributed by atoms with E-state index < -0.39 is 14.8 Å². The Morgan fingerprint density at radius 1 is 1.30 bits per heavy atom. The number of hydrogen-bond donors (Lipinski definition) is 0. The molecule has 0 N–H and O–H groups in total. The molecule has 3 saturated heterocycles. The number of ether oxygens (including phenoxy) is 1. The van der Waals surface area contributed by atoms with Crippen LogP contribution in [0.3, 0.4) is 0 Å². The van der Waals surface area contributed by atoms with Gasteiger partial charge in [-0.3, -0.25) is 4.90 Å². The van der Waals surface area contributed by atoms with Gasteiger partial charge in [0.05, 0.1) is 19.3 Å². The van der Waals surface area contributed by atoms with E-state index in [-0.39, 0.29) is 12.3 Å². The Morgan fingerprint density at radius 2 is 2.00 bits per heavy atom. The number of esters is 1. The van der Waals surface area contributed by atoms with Crippen molar-refractivity contribution in [2.45, 2.75) is 6.10 Å². The molecule has 1 aromatic carbocycles. The van der Waals surface area contributed by atoms with Gasteiger partial charge in [-0.15, -0.1) is 0 Å². The zero-order valence-electron chi connectivity index (χ0n) is 13.0. The van der Waals surface area contributed by atoms with Crippen LogP contribution in [0.1, 0.15) is 11.7 Å². The molecule has 2 bridgehead atoms. The third-order valence-electron chi connectivity index (χ3n) is 3.93. The molecule has 3 heterocycles. The molecule has 1 aromatic rings. The molecule has 0 aliphatic carbocycles. The summed E-state index contributed by atoms with van der Waals surface area (Å²) >= 11 is 0. The van der Waals surface area contributed by atoms with Crippen LogP contribution in [0.25, 0.3) is 0 Å². The zero-order chi connectivity index (χ0) is 16.1. The highest BCUT2D eigenvalue weighted by atomic mass is 28.4. The number of fused-ring (bicyclic) bond motifs is 6. The van der Waals surface area contributed by atoms with Crippen LogP contribution < -0.4 is 0 Å². The maximum Gasteiger partial charge on any atom is 0.541 e. The summed E-state index contributed by atoms with van der Waals surface area (Å²) < 4.78 is 23.3. The van der Waals surface area contributed by atoms with Crippen molar-refractivity contribution in [2.75, 3.05) is 39.1 Å². The van der Waals surface area contributed by atoms with Gasteiger partial charge in [0.15, 0.2) is 6.23 Å². The first-order valence-electron chi connectivity index (χ1n) is 7.73. The van der Waals surface area contributed by atoms with E-state index in [2.05, 4.69) is 11.5 Å². The second-order valence-corrected chi connectivity index (χ2v) is 7.98. The molecule has 0 amide bonds. The van der Waals surface area contributed by atoms with Gasteiger partial charge in [-0.25, -0.2) is 4.79 Å². The Hall–Kier alpha value is -1.51. The van der Waals surface area contributed by atoms with Gasteiger partial charge in [-0.05, 0) is 5.56 Å². The maximum absolute atomic E-state index is 11.4. The second kappa shape index (κ2) is 7.37. The molecule has 0 aromatic heterocycles. The average Bonchev–Trinajstić information content (AvgIpc) is 2.53. The first-order valence-corrected chi connectivity index (χ1v) is 9.66. The number of rotatable bonds is 4. The lowest BCUT2D eigenvalue weighted by atomic mass is 10.1. The third kappa shape index (κ3) is 4.07. The average molecular weight is 335 g/mol. The lowest BCUT2D eigenvalue weighted by Crippen LogP contribution is -2.58. The highest BCUT2D eigenvalue weighted by Crippen LogP contribution is 2.28. The predicted octanol–water partition coefficient (Wildman–Crippen LogP) is 1.31. The van der Waals surface area contributed by atoms with Crippen LogP contribution in [0.4, 0.5) is 0 Å². The molecule has 0 saturated carbocycles. The summed E-state index contributed by atoms with van der Waals surface area (Å²) in [5.41, 5.74) is 1.07. The number of nitrogens with zero attached hydrogens (tertiary/aromatic N) is 1. The summed E-state index contributed by atoms with van der Waals surface area (Å²) in [4.78, 5) is 13.7. The van der Waals surface area contributed by atoms with E-state index in [1.54, 1.807) is 0 Å². The minimum absolute atomic E-state index is 0.0151. The van der Waals surface area contributed by atoms with Crippen LogP contribution in [0.5, 0.6) is 0 Å². The molecule has 6 nitrogen and oxygen atoms in total. The smallest absolute Gasteiger partial charge is 0.458 e. The predicted molar refractivity (Wildman–Crippen MR) is 85.5 cm³/mol. The van der Waals surface area contributed by atoms with Crippen molar-refractivity contribution in [3.8, 4) is 0 Å². The molecule has 4 rings (SSSR count). The molecule has 3 aliphatic heterocycles. The molecule has 7 heteroatoms. The summed E-state index contributed by atoms with van der Waals surface area (Å²) in [6, 6.07) is 9.99. The maximum atomic E-state index is 11.4. The highest BCUT2D eigenvalue weighted by molar-refractivity contribution is 6.60. The number of carbonyl (C=O) groups excluding carboxylic acids is 1. The van der Waals surface area contributed by atoms with Crippen molar-refractivity contribution in [3.05, 3.63) is 48.6 Å². The summed E-state index contributed by atoms with van der Waals surface area (Å²) in [5.74, 6) is -0.496. The minimum atomic E-state index is -3.07. The van der Waals surface area contributed by atoms with Crippen LogP contribution in [0.2, 0.25) is 0 Å². The summed E-state index contributed by atoms with van der Waals surface area (Å²) in [7, 11) is -3.07. The van der Waals surface area contributed by atoms with Crippen molar-refractivity contribution < 1.29 is 22.8 Å². The Labute approximate surface area is 137 Å². The van der Waals surface area contributed by atoms with Gasteiger partial charge in [0.2, 0.25) is 0 Å².